The van der Waals surface area contributed by atoms with Crippen LogP contribution in [0.5, 0.6) is 5.88 Å². The Kier molecular flexibility index (Phi) is 9.72. The highest BCUT2D eigenvalue weighted by molar-refractivity contribution is 14.0. The molecular formula is C18H28BrIN6O2. The van der Waals surface area contributed by atoms with Gasteiger partial charge in [0.15, 0.2) is 5.96 Å². The van der Waals surface area contributed by atoms with Crippen LogP contribution in [0, 0.1) is 0 Å². The van der Waals surface area contributed by atoms with Gasteiger partial charge < -0.3 is 24.6 Å². The monoisotopic (exact) mass is 566 g/mol. The van der Waals surface area contributed by atoms with Crippen LogP contribution in [-0.2, 0) is 4.74 Å². The summed E-state index contributed by atoms with van der Waals surface area (Å²) in [5.41, 5.74) is 1.47. The number of aliphatic imine (C=N–C) groups is 1. The van der Waals surface area contributed by atoms with Gasteiger partial charge in [0.05, 0.1) is 31.0 Å². The second-order valence-corrected chi connectivity index (χ2v) is 7.27. The predicted octanol–water partition coefficient (Wildman–Crippen LogP) is 2.30. The minimum Gasteiger partial charge on any atom is -0.480 e. The summed E-state index contributed by atoms with van der Waals surface area (Å²) in [5.74, 6) is 2.21. The van der Waals surface area contributed by atoms with E-state index in [9.17, 15) is 0 Å². The molecule has 1 saturated heterocycles. The number of guanidine groups is 1. The molecule has 0 bridgehead atoms. The van der Waals surface area contributed by atoms with Crippen molar-refractivity contribution in [2.75, 3.05) is 65.0 Å². The molecule has 1 fully saturated rings. The number of methoxy groups -OCH3 is 1. The van der Waals surface area contributed by atoms with E-state index in [1.54, 1.807) is 13.3 Å². The van der Waals surface area contributed by atoms with E-state index in [0.717, 1.165) is 69.2 Å². The molecule has 28 heavy (non-hydrogen) atoms. The molecule has 0 spiro atoms. The van der Waals surface area contributed by atoms with Gasteiger partial charge in [0.1, 0.15) is 0 Å². The van der Waals surface area contributed by atoms with Crippen molar-refractivity contribution in [2.45, 2.75) is 12.8 Å². The molecule has 0 radical (unpaired) electrons. The van der Waals surface area contributed by atoms with E-state index < -0.39 is 0 Å². The molecule has 0 unspecified atom stereocenters. The van der Waals surface area contributed by atoms with Gasteiger partial charge >= 0.3 is 0 Å². The molecule has 3 rings (SSSR count). The summed E-state index contributed by atoms with van der Waals surface area (Å²) in [4.78, 5) is 17.8. The summed E-state index contributed by atoms with van der Waals surface area (Å²) >= 11 is 3.39. The zero-order chi connectivity index (χ0) is 19.1. The third-order valence-corrected chi connectivity index (χ3v) is 5.30. The zero-order valence-electron chi connectivity index (χ0n) is 16.4. The molecule has 1 N–H and O–H groups in total. The molecule has 156 valence electrons. The Morgan fingerprint density at radius 2 is 2.14 bits per heavy atom. The predicted molar refractivity (Wildman–Crippen MR) is 125 cm³/mol. The third-order valence-electron chi connectivity index (χ3n) is 4.75. The van der Waals surface area contributed by atoms with Crippen LogP contribution in [0.2, 0.25) is 0 Å². The van der Waals surface area contributed by atoms with E-state index >= 15 is 0 Å². The van der Waals surface area contributed by atoms with Gasteiger partial charge in [-0.25, -0.2) is 4.98 Å². The lowest BCUT2D eigenvalue weighted by Gasteiger charge is -2.36. The summed E-state index contributed by atoms with van der Waals surface area (Å²) in [6.45, 7) is 5.91. The van der Waals surface area contributed by atoms with Gasteiger partial charge in [-0.15, -0.1) is 24.0 Å². The summed E-state index contributed by atoms with van der Waals surface area (Å²) in [5, 5.41) is 3.49. The van der Waals surface area contributed by atoms with Crippen molar-refractivity contribution in [1.29, 1.82) is 0 Å². The number of anilines is 1. The molecule has 2 aliphatic rings. The smallest absolute Gasteiger partial charge is 0.232 e. The van der Waals surface area contributed by atoms with E-state index in [0.29, 0.717) is 11.8 Å². The van der Waals surface area contributed by atoms with Gasteiger partial charge in [0.2, 0.25) is 11.8 Å². The maximum Gasteiger partial charge on any atom is 0.232 e. The van der Waals surface area contributed by atoms with Gasteiger partial charge in [0.25, 0.3) is 0 Å². The highest BCUT2D eigenvalue weighted by Crippen LogP contribution is 2.23. The molecular weight excluding hydrogens is 539 g/mol. The SMILES string of the molecule is CN=C(NCCC1=CCOCC1)N1CCN(c2ncc(Br)c(OC)n2)CC1.I. The standard InChI is InChI=1S/C18H27BrN6O2.HI/c1-20-17(21-6-3-14-4-11-27-12-5-14)24-7-9-25(10-8-24)18-22-13-15(19)16(23-18)26-2;/h4,13H,3,5-12H2,1-2H3,(H,20,21);1H. The van der Waals surface area contributed by atoms with Crippen molar-refractivity contribution in [2.24, 2.45) is 4.99 Å². The second kappa shape index (κ2) is 11.8. The average Bonchev–Trinajstić information content (AvgIpc) is 2.73. The molecule has 1 aromatic heterocycles. The van der Waals surface area contributed by atoms with Crippen LogP contribution in [0.15, 0.2) is 27.3 Å². The molecule has 2 aliphatic heterocycles. The summed E-state index contributed by atoms with van der Waals surface area (Å²) in [6.07, 6.45) is 6.00. The maximum atomic E-state index is 5.36. The molecule has 0 aromatic carbocycles. The topological polar surface area (TPSA) is 75.1 Å². The summed E-state index contributed by atoms with van der Waals surface area (Å²) < 4.78 is 11.4. The molecule has 8 nitrogen and oxygen atoms in total. The van der Waals surface area contributed by atoms with Gasteiger partial charge in [-0.2, -0.15) is 4.98 Å². The van der Waals surface area contributed by atoms with E-state index in [1.807, 2.05) is 7.05 Å². The zero-order valence-corrected chi connectivity index (χ0v) is 20.3. The van der Waals surface area contributed by atoms with Crippen molar-refractivity contribution in [1.82, 2.24) is 20.2 Å². The Morgan fingerprint density at radius 1 is 1.36 bits per heavy atom. The number of rotatable bonds is 5. The number of aromatic nitrogens is 2. The van der Waals surface area contributed by atoms with Crippen LogP contribution in [-0.4, -0.2) is 80.9 Å². The summed E-state index contributed by atoms with van der Waals surface area (Å²) in [7, 11) is 3.45. The number of hydrogen-bond donors (Lipinski definition) is 1. The normalized spacial score (nSPS) is 17.7. The molecule has 0 amide bonds. The van der Waals surface area contributed by atoms with Crippen LogP contribution in [0.25, 0.3) is 0 Å². The lowest BCUT2D eigenvalue weighted by molar-refractivity contribution is 0.153. The van der Waals surface area contributed by atoms with Gasteiger partial charge in [-0.05, 0) is 28.8 Å². The first kappa shape index (κ1) is 23.1. The lowest BCUT2D eigenvalue weighted by atomic mass is 10.1. The van der Waals surface area contributed by atoms with Crippen molar-refractivity contribution < 1.29 is 9.47 Å². The van der Waals surface area contributed by atoms with E-state index in [-0.39, 0.29) is 24.0 Å². The van der Waals surface area contributed by atoms with Crippen LogP contribution in [0.4, 0.5) is 5.95 Å². The average molecular weight is 567 g/mol. The Balaban J connectivity index is 0.00000280. The second-order valence-electron chi connectivity index (χ2n) is 6.41. The highest BCUT2D eigenvalue weighted by atomic mass is 127. The van der Waals surface area contributed by atoms with Crippen molar-refractivity contribution in [3.63, 3.8) is 0 Å². The minimum atomic E-state index is 0. The van der Waals surface area contributed by atoms with Crippen molar-refractivity contribution in [3.05, 3.63) is 22.3 Å². The molecule has 0 aliphatic carbocycles. The lowest BCUT2D eigenvalue weighted by Crippen LogP contribution is -2.53. The number of halogens is 2. The van der Waals surface area contributed by atoms with Gasteiger partial charge in [-0.3, -0.25) is 4.99 Å². The van der Waals surface area contributed by atoms with E-state index in [1.165, 1.54) is 5.57 Å². The fraction of sp³-hybridized carbons (Fsp3) is 0.611. The Labute approximate surface area is 191 Å². The number of piperazine rings is 1. The van der Waals surface area contributed by atoms with Crippen LogP contribution in [0.3, 0.4) is 0 Å². The number of hydrogen-bond acceptors (Lipinski definition) is 6. The Hall–Kier alpha value is -1.14. The molecule has 1 aromatic rings. The first-order valence-electron chi connectivity index (χ1n) is 9.24. The fourth-order valence-corrected chi connectivity index (χ4v) is 3.57. The quantitative estimate of drug-likeness (QED) is 0.254. The first-order valence-corrected chi connectivity index (χ1v) is 10.0. The van der Waals surface area contributed by atoms with Crippen LogP contribution in [0.1, 0.15) is 12.8 Å². The Bertz CT molecular complexity index is 695. The largest absolute Gasteiger partial charge is 0.480 e. The van der Waals surface area contributed by atoms with Crippen molar-refractivity contribution >= 4 is 51.8 Å². The molecule has 10 heteroatoms. The summed E-state index contributed by atoms with van der Waals surface area (Å²) in [6, 6.07) is 0. The molecule has 0 atom stereocenters. The van der Waals surface area contributed by atoms with E-state index in [4.69, 9.17) is 9.47 Å². The Morgan fingerprint density at radius 3 is 2.79 bits per heavy atom. The molecule has 3 heterocycles. The minimum absolute atomic E-state index is 0. The van der Waals surface area contributed by atoms with Crippen LogP contribution < -0.4 is 15.0 Å². The third kappa shape index (κ3) is 6.18. The number of nitrogens with zero attached hydrogens (tertiary/aromatic N) is 5. The van der Waals surface area contributed by atoms with E-state index in [2.05, 4.69) is 52.1 Å². The first-order chi connectivity index (χ1) is 13.2. The highest BCUT2D eigenvalue weighted by Gasteiger charge is 2.22. The fourth-order valence-electron chi connectivity index (χ4n) is 3.22. The molecule has 0 saturated carbocycles. The number of ether oxygens (including phenoxy) is 2. The van der Waals surface area contributed by atoms with Crippen molar-refractivity contribution in [3.8, 4) is 5.88 Å². The van der Waals surface area contributed by atoms with Crippen LogP contribution >= 0.6 is 39.9 Å². The maximum absolute atomic E-state index is 5.36. The number of nitrogens with one attached hydrogen (secondary N) is 1. The van der Waals surface area contributed by atoms with Gasteiger partial charge in [0, 0.05) is 39.8 Å². The van der Waals surface area contributed by atoms with Gasteiger partial charge in [-0.1, -0.05) is 11.6 Å².